The number of hydrogen-bond donors (Lipinski definition) is 1. The van der Waals surface area contributed by atoms with Crippen molar-refractivity contribution >= 4 is 15.9 Å². The first-order valence-electron chi connectivity index (χ1n) is 9.42. The zero-order valence-electron chi connectivity index (χ0n) is 17.5. The van der Waals surface area contributed by atoms with Crippen LogP contribution in [-0.2, 0) is 10.0 Å². The summed E-state index contributed by atoms with van der Waals surface area (Å²) >= 11 is 0. The monoisotopic (exact) mass is 402 g/mol. The number of hydrogen-bond acceptors (Lipinski definition) is 3. The second-order valence-electron chi connectivity index (χ2n) is 7.67. The lowest BCUT2D eigenvalue weighted by atomic mass is 9.88. The van der Waals surface area contributed by atoms with Gasteiger partial charge >= 0.3 is 0 Å². The van der Waals surface area contributed by atoms with Gasteiger partial charge in [0.15, 0.2) is 0 Å². The topological polar surface area (TPSA) is 66.5 Å². The third-order valence-electron chi connectivity index (χ3n) is 5.16. The molecule has 5 nitrogen and oxygen atoms in total. The highest BCUT2D eigenvalue weighted by atomic mass is 32.2. The molecule has 0 aliphatic rings. The highest BCUT2D eigenvalue weighted by Gasteiger charge is 2.23. The van der Waals surface area contributed by atoms with Crippen LogP contribution in [0.2, 0.25) is 0 Å². The second kappa shape index (κ2) is 8.88. The van der Waals surface area contributed by atoms with Crippen LogP contribution in [-0.4, -0.2) is 39.3 Å². The van der Waals surface area contributed by atoms with Gasteiger partial charge in [-0.1, -0.05) is 44.2 Å². The van der Waals surface area contributed by atoms with E-state index in [4.69, 9.17) is 0 Å². The van der Waals surface area contributed by atoms with E-state index in [9.17, 15) is 13.2 Å². The molecule has 2 rings (SSSR count). The van der Waals surface area contributed by atoms with Gasteiger partial charge in [0, 0.05) is 32.1 Å². The van der Waals surface area contributed by atoms with E-state index in [-0.39, 0.29) is 16.7 Å². The summed E-state index contributed by atoms with van der Waals surface area (Å²) in [7, 11) is -0.640. The Morgan fingerprint density at radius 3 is 2.21 bits per heavy atom. The zero-order valence-corrected chi connectivity index (χ0v) is 18.3. The molecule has 1 atom stereocenters. The molecule has 0 saturated heterocycles. The summed E-state index contributed by atoms with van der Waals surface area (Å²) in [5.74, 6) is 0.272. The number of carbonyl (C=O) groups excluding carboxylic acids is 1. The lowest BCUT2D eigenvalue weighted by Gasteiger charge is -2.22. The van der Waals surface area contributed by atoms with Crippen LogP contribution in [0.5, 0.6) is 0 Å². The third kappa shape index (κ3) is 4.80. The molecular formula is C22H30N2O3S. The van der Waals surface area contributed by atoms with Gasteiger partial charge in [0.1, 0.15) is 0 Å². The predicted molar refractivity (Wildman–Crippen MR) is 113 cm³/mol. The van der Waals surface area contributed by atoms with E-state index < -0.39 is 10.0 Å². The summed E-state index contributed by atoms with van der Waals surface area (Å²) in [6.07, 6.45) is 0. The Labute approximate surface area is 168 Å². The molecule has 1 amide bonds. The normalized spacial score (nSPS) is 13.0. The van der Waals surface area contributed by atoms with Crippen molar-refractivity contribution in [2.24, 2.45) is 5.92 Å². The number of nitrogens with one attached hydrogen (secondary N) is 1. The van der Waals surface area contributed by atoms with Gasteiger partial charge < -0.3 is 5.32 Å². The Balaban J connectivity index is 2.28. The summed E-state index contributed by atoms with van der Waals surface area (Å²) in [4.78, 5) is 13.0. The van der Waals surface area contributed by atoms with Crippen LogP contribution < -0.4 is 5.32 Å². The van der Waals surface area contributed by atoms with Crippen molar-refractivity contribution in [3.63, 3.8) is 0 Å². The maximum Gasteiger partial charge on any atom is 0.251 e. The number of rotatable bonds is 7. The van der Waals surface area contributed by atoms with Gasteiger partial charge in [-0.2, -0.15) is 0 Å². The van der Waals surface area contributed by atoms with Crippen molar-refractivity contribution in [3.05, 3.63) is 64.7 Å². The molecule has 28 heavy (non-hydrogen) atoms. The standard InChI is InChI=1S/C22H30N2O3S/c1-15(2)20(18-10-8-7-9-11-18)14-23-22(25)19-12-16(3)17(4)21(13-19)28(26,27)24(5)6/h7-13,15,20H,14H2,1-6H3,(H,23,25). The van der Waals surface area contributed by atoms with Crippen LogP contribution in [0.25, 0.3) is 0 Å². The van der Waals surface area contributed by atoms with E-state index in [2.05, 4.69) is 31.3 Å². The van der Waals surface area contributed by atoms with Crippen LogP contribution in [0.15, 0.2) is 47.4 Å². The van der Waals surface area contributed by atoms with Gasteiger partial charge in [0.25, 0.3) is 5.91 Å². The average Bonchev–Trinajstić information content (AvgIpc) is 2.64. The Morgan fingerprint density at radius 2 is 1.68 bits per heavy atom. The minimum absolute atomic E-state index is 0.172. The molecule has 1 unspecified atom stereocenters. The average molecular weight is 403 g/mol. The number of nitrogens with zero attached hydrogens (tertiary/aromatic N) is 1. The van der Waals surface area contributed by atoms with Gasteiger partial charge in [0.2, 0.25) is 10.0 Å². The first-order valence-corrected chi connectivity index (χ1v) is 10.9. The Bertz CT molecular complexity index is 936. The smallest absolute Gasteiger partial charge is 0.251 e. The van der Waals surface area contributed by atoms with Gasteiger partial charge in [-0.3, -0.25) is 4.79 Å². The molecule has 0 spiro atoms. The van der Waals surface area contributed by atoms with Gasteiger partial charge in [0.05, 0.1) is 4.90 Å². The molecule has 2 aromatic carbocycles. The molecular weight excluding hydrogens is 372 g/mol. The molecule has 0 aliphatic heterocycles. The fourth-order valence-electron chi connectivity index (χ4n) is 3.17. The van der Waals surface area contributed by atoms with E-state index in [1.165, 1.54) is 30.0 Å². The largest absolute Gasteiger partial charge is 0.351 e. The first kappa shape index (κ1) is 22.1. The predicted octanol–water partition coefficient (Wildman–Crippen LogP) is 3.72. The minimum Gasteiger partial charge on any atom is -0.351 e. The number of benzene rings is 2. The minimum atomic E-state index is -3.62. The summed E-state index contributed by atoms with van der Waals surface area (Å²) in [5.41, 5.74) is 2.97. The molecule has 0 heterocycles. The summed E-state index contributed by atoms with van der Waals surface area (Å²) in [6.45, 7) is 8.33. The highest BCUT2D eigenvalue weighted by Crippen LogP contribution is 2.25. The van der Waals surface area contributed by atoms with E-state index in [0.717, 1.165) is 5.56 Å². The van der Waals surface area contributed by atoms with Gasteiger partial charge in [-0.15, -0.1) is 0 Å². The lowest BCUT2D eigenvalue weighted by Crippen LogP contribution is -2.31. The molecule has 0 saturated carbocycles. The van der Waals surface area contributed by atoms with Crippen molar-refractivity contribution in [2.75, 3.05) is 20.6 Å². The molecule has 0 fully saturated rings. The zero-order chi connectivity index (χ0) is 21.1. The van der Waals surface area contributed by atoms with Crippen LogP contribution in [0, 0.1) is 19.8 Å². The molecule has 0 radical (unpaired) electrons. The Kier molecular flexibility index (Phi) is 7.01. The third-order valence-corrected chi connectivity index (χ3v) is 7.10. The number of amides is 1. The molecule has 0 bridgehead atoms. The second-order valence-corrected chi connectivity index (χ2v) is 9.80. The molecule has 2 aromatic rings. The van der Waals surface area contributed by atoms with Crippen molar-refractivity contribution in [1.29, 1.82) is 0 Å². The SMILES string of the molecule is Cc1cc(C(=O)NCC(c2ccccc2)C(C)C)cc(S(=O)(=O)N(C)C)c1C. The molecule has 0 aliphatic carbocycles. The van der Waals surface area contributed by atoms with Gasteiger partial charge in [-0.05, 0) is 48.6 Å². The maximum atomic E-state index is 12.8. The number of aryl methyl sites for hydroxylation is 1. The quantitative estimate of drug-likeness (QED) is 0.767. The number of carbonyl (C=O) groups is 1. The van der Waals surface area contributed by atoms with Crippen molar-refractivity contribution in [1.82, 2.24) is 9.62 Å². The van der Waals surface area contributed by atoms with Crippen molar-refractivity contribution in [3.8, 4) is 0 Å². The first-order chi connectivity index (χ1) is 13.1. The van der Waals surface area contributed by atoms with Crippen molar-refractivity contribution < 1.29 is 13.2 Å². The fraction of sp³-hybridized carbons (Fsp3) is 0.409. The molecule has 152 valence electrons. The molecule has 6 heteroatoms. The van der Waals surface area contributed by atoms with E-state index in [1.54, 1.807) is 13.0 Å². The highest BCUT2D eigenvalue weighted by molar-refractivity contribution is 7.89. The number of sulfonamides is 1. The van der Waals surface area contributed by atoms with E-state index >= 15 is 0 Å². The van der Waals surface area contributed by atoms with Crippen LogP contribution in [0.4, 0.5) is 0 Å². The Morgan fingerprint density at radius 1 is 1.07 bits per heavy atom. The van der Waals surface area contributed by atoms with Gasteiger partial charge in [-0.25, -0.2) is 12.7 Å². The van der Waals surface area contributed by atoms with Crippen LogP contribution >= 0.6 is 0 Å². The maximum absolute atomic E-state index is 12.8. The lowest BCUT2D eigenvalue weighted by molar-refractivity contribution is 0.0949. The fourth-order valence-corrected chi connectivity index (χ4v) is 4.38. The Hall–Kier alpha value is -2.18. The van der Waals surface area contributed by atoms with Crippen LogP contribution in [0.1, 0.15) is 46.8 Å². The molecule has 1 N–H and O–H groups in total. The van der Waals surface area contributed by atoms with E-state index in [1.807, 2.05) is 25.1 Å². The molecule has 0 aromatic heterocycles. The van der Waals surface area contributed by atoms with Crippen LogP contribution in [0.3, 0.4) is 0 Å². The summed E-state index contributed by atoms with van der Waals surface area (Å²) in [6, 6.07) is 13.3. The van der Waals surface area contributed by atoms with Crippen molar-refractivity contribution in [2.45, 2.75) is 38.5 Å². The van der Waals surface area contributed by atoms with E-state index in [0.29, 0.717) is 23.6 Å². The summed E-state index contributed by atoms with van der Waals surface area (Å²) in [5, 5.41) is 2.99. The summed E-state index contributed by atoms with van der Waals surface area (Å²) < 4.78 is 26.4.